The summed E-state index contributed by atoms with van der Waals surface area (Å²) in [7, 11) is 0. The van der Waals surface area contributed by atoms with Crippen LogP contribution in [0.25, 0.3) is 0 Å². The standard InChI is InChI=1S/C17H17ClFNO2/c1-11-9-14(18)7-8-16(11)22-12(2)17(21)20-10-13-5-3-4-6-15(13)19/h3-9,12H,10H2,1-2H3,(H,20,21)/t12-/m1/s1. The molecule has 0 spiro atoms. The van der Waals surface area contributed by atoms with E-state index in [1.54, 1.807) is 43.3 Å². The molecule has 1 atom stereocenters. The van der Waals surface area contributed by atoms with E-state index >= 15 is 0 Å². The molecule has 3 nitrogen and oxygen atoms in total. The molecule has 0 bridgehead atoms. The molecule has 1 amide bonds. The Balaban J connectivity index is 1.93. The van der Waals surface area contributed by atoms with E-state index in [2.05, 4.69) is 5.32 Å². The highest BCUT2D eigenvalue weighted by Gasteiger charge is 2.16. The number of amides is 1. The number of hydrogen-bond donors (Lipinski definition) is 1. The molecule has 0 radical (unpaired) electrons. The number of nitrogens with one attached hydrogen (secondary N) is 1. The normalized spacial score (nSPS) is 11.8. The minimum atomic E-state index is -0.688. The second kappa shape index (κ2) is 7.27. The topological polar surface area (TPSA) is 38.3 Å². The van der Waals surface area contributed by atoms with Crippen LogP contribution in [0, 0.1) is 12.7 Å². The Labute approximate surface area is 134 Å². The molecule has 22 heavy (non-hydrogen) atoms. The summed E-state index contributed by atoms with van der Waals surface area (Å²) in [5, 5.41) is 3.27. The van der Waals surface area contributed by atoms with E-state index < -0.39 is 6.10 Å². The van der Waals surface area contributed by atoms with Crippen molar-refractivity contribution < 1.29 is 13.9 Å². The summed E-state index contributed by atoms with van der Waals surface area (Å²) in [6.07, 6.45) is -0.688. The van der Waals surface area contributed by atoms with Crippen molar-refractivity contribution in [3.05, 3.63) is 64.4 Å². The maximum atomic E-state index is 13.5. The lowest BCUT2D eigenvalue weighted by atomic mass is 10.2. The van der Waals surface area contributed by atoms with E-state index in [-0.39, 0.29) is 18.3 Å². The highest BCUT2D eigenvalue weighted by molar-refractivity contribution is 6.30. The maximum absolute atomic E-state index is 13.5. The Bertz CT molecular complexity index is 675. The van der Waals surface area contributed by atoms with Gasteiger partial charge in [-0.2, -0.15) is 0 Å². The minimum Gasteiger partial charge on any atom is -0.481 e. The fraction of sp³-hybridized carbons (Fsp3) is 0.235. The first-order valence-electron chi connectivity index (χ1n) is 6.91. The van der Waals surface area contributed by atoms with E-state index in [0.29, 0.717) is 16.3 Å². The van der Waals surface area contributed by atoms with Crippen LogP contribution in [0.2, 0.25) is 5.02 Å². The van der Waals surface area contributed by atoms with E-state index in [1.807, 2.05) is 6.92 Å². The summed E-state index contributed by atoms with van der Waals surface area (Å²) in [4.78, 5) is 12.0. The predicted molar refractivity (Wildman–Crippen MR) is 84.5 cm³/mol. The third kappa shape index (κ3) is 4.21. The Morgan fingerprint density at radius 3 is 2.73 bits per heavy atom. The molecule has 0 aromatic heterocycles. The van der Waals surface area contributed by atoms with Crippen LogP contribution in [0.4, 0.5) is 4.39 Å². The molecule has 0 aliphatic heterocycles. The fourth-order valence-electron chi connectivity index (χ4n) is 1.96. The number of benzene rings is 2. The van der Waals surface area contributed by atoms with Crippen molar-refractivity contribution in [1.29, 1.82) is 0 Å². The molecule has 0 heterocycles. The summed E-state index contributed by atoms with van der Waals surface area (Å²) in [5.41, 5.74) is 1.28. The van der Waals surface area contributed by atoms with E-state index in [9.17, 15) is 9.18 Å². The van der Waals surface area contributed by atoms with Crippen molar-refractivity contribution in [2.24, 2.45) is 0 Å². The molecule has 0 aliphatic carbocycles. The number of carbonyl (C=O) groups excluding carboxylic acids is 1. The Hall–Kier alpha value is -2.07. The SMILES string of the molecule is Cc1cc(Cl)ccc1O[C@H](C)C(=O)NCc1ccccc1F. The van der Waals surface area contributed by atoms with E-state index in [4.69, 9.17) is 16.3 Å². The van der Waals surface area contributed by atoms with Crippen molar-refractivity contribution in [1.82, 2.24) is 5.32 Å². The molecule has 2 aromatic carbocycles. The first-order chi connectivity index (χ1) is 10.5. The molecule has 1 N–H and O–H groups in total. The van der Waals surface area contributed by atoms with Crippen LogP contribution < -0.4 is 10.1 Å². The highest BCUT2D eigenvalue weighted by Crippen LogP contribution is 2.22. The van der Waals surface area contributed by atoms with Crippen molar-refractivity contribution in [3.8, 4) is 5.75 Å². The van der Waals surface area contributed by atoms with Gasteiger partial charge in [0.25, 0.3) is 5.91 Å². The average Bonchev–Trinajstić information content (AvgIpc) is 2.49. The van der Waals surface area contributed by atoms with Gasteiger partial charge in [0.05, 0.1) is 0 Å². The third-order valence-corrected chi connectivity index (χ3v) is 3.46. The average molecular weight is 322 g/mol. The van der Waals surface area contributed by atoms with Crippen LogP contribution in [-0.4, -0.2) is 12.0 Å². The van der Waals surface area contributed by atoms with Crippen LogP contribution in [-0.2, 0) is 11.3 Å². The lowest BCUT2D eigenvalue weighted by molar-refractivity contribution is -0.127. The predicted octanol–water partition coefficient (Wildman–Crippen LogP) is 3.87. The maximum Gasteiger partial charge on any atom is 0.261 e. The Morgan fingerprint density at radius 2 is 2.05 bits per heavy atom. The van der Waals surface area contributed by atoms with Gasteiger partial charge in [-0.05, 0) is 43.7 Å². The molecular weight excluding hydrogens is 305 g/mol. The fourth-order valence-corrected chi connectivity index (χ4v) is 2.18. The summed E-state index contributed by atoms with van der Waals surface area (Å²) in [6, 6.07) is 11.5. The van der Waals surface area contributed by atoms with Crippen LogP contribution in [0.5, 0.6) is 5.75 Å². The van der Waals surface area contributed by atoms with Gasteiger partial charge in [0.2, 0.25) is 0 Å². The van der Waals surface area contributed by atoms with Crippen LogP contribution in [0.1, 0.15) is 18.1 Å². The zero-order valence-electron chi connectivity index (χ0n) is 12.4. The molecule has 0 saturated heterocycles. The largest absolute Gasteiger partial charge is 0.481 e. The monoisotopic (exact) mass is 321 g/mol. The second-order valence-electron chi connectivity index (χ2n) is 4.98. The van der Waals surface area contributed by atoms with Gasteiger partial charge in [-0.1, -0.05) is 29.8 Å². The molecule has 116 valence electrons. The van der Waals surface area contributed by atoms with Gasteiger partial charge >= 0.3 is 0 Å². The lowest BCUT2D eigenvalue weighted by Crippen LogP contribution is -2.36. The first-order valence-corrected chi connectivity index (χ1v) is 7.29. The van der Waals surface area contributed by atoms with Crippen molar-refractivity contribution in [2.75, 3.05) is 0 Å². The van der Waals surface area contributed by atoms with Crippen molar-refractivity contribution in [3.63, 3.8) is 0 Å². The van der Waals surface area contributed by atoms with Gasteiger partial charge in [0.1, 0.15) is 11.6 Å². The number of hydrogen-bond acceptors (Lipinski definition) is 2. The molecule has 0 unspecified atom stereocenters. The number of halogens is 2. The highest BCUT2D eigenvalue weighted by atomic mass is 35.5. The van der Waals surface area contributed by atoms with Crippen molar-refractivity contribution in [2.45, 2.75) is 26.5 Å². The smallest absolute Gasteiger partial charge is 0.261 e. The van der Waals surface area contributed by atoms with Crippen LogP contribution in [0.3, 0.4) is 0 Å². The molecule has 0 fully saturated rings. The number of ether oxygens (including phenoxy) is 1. The molecule has 2 aromatic rings. The van der Waals surface area contributed by atoms with Crippen LogP contribution in [0.15, 0.2) is 42.5 Å². The number of carbonyl (C=O) groups is 1. The zero-order valence-corrected chi connectivity index (χ0v) is 13.2. The number of aryl methyl sites for hydroxylation is 1. The quantitative estimate of drug-likeness (QED) is 0.907. The summed E-state index contributed by atoms with van der Waals surface area (Å²) in [6.45, 7) is 3.62. The van der Waals surface area contributed by atoms with Gasteiger partial charge in [-0.3, -0.25) is 4.79 Å². The van der Waals surface area contributed by atoms with Gasteiger partial charge in [-0.15, -0.1) is 0 Å². The van der Waals surface area contributed by atoms with Gasteiger partial charge < -0.3 is 10.1 Å². The zero-order chi connectivity index (χ0) is 16.1. The summed E-state index contributed by atoms with van der Waals surface area (Å²) >= 11 is 5.88. The van der Waals surface area contributed by atoms with Gasteiger partial charge in [0.15, 0.2) is 6.10 Å². The van der Waals surface area contributed by atoms with Gasteiger partial charge in [0, 0.05) is 17.1 Å². The molecule has 5 heteroatoms. The van der Waals surface area contributed by atoms with Crippen molar-refractivity contribution >= 4 is 17.5 Å². The molecule has 0 aliphatic rings. The minimum absolute atomic E-state index is 0.124. The summed E-state index contributed by atoms with van der Waals surface area (Å²) < 4.78 is 19.1. The Kier molecular flexibility index (Phi) is 5.39. The second-order valence-corrected chi connectivity index (χ2v) is 5.42. The Morgan fingerprint density at radius 1 is 1.32 bits per heavy atom. The lowest BCUT2D eigenvalue weighted by Gasteiger charge is -2.16. The summed E-state index contributed by atoms with van der Waals surface area (Å²) in [5.74, 6) is -0.0551. The van der Waals surface area contributed by atoms with E-state index in [0.717, 1.165) is 5.56 Å². The molecule has 0 saturated carbocycles. The van der Waals surface area contributed by atoms with E-state index in [1.165, 1.54) is 6.07 Å². The number of rotatable bonds is 5. The molecule has 2 rings (SSSR count). The van der Waals surface area contributed by atoms with Crippen LogP contribution >= 0.6 is 11.6 Å². The van der Waals surface area contributed by atoms with Gasteiger partial charge in [-0.25, -0.2) is 4.39 Å². The third-order valence-electron chi connectivity index (χ3n) is 3.22. The first kappa shape index (κ1) is 16.3. The molecular formula is C17H17ClFNO2.